The summed E-state index contributed by atoms with van der Waals surface area (Å²) in [5, 5.41) is 17.3. The van der Waals surface area contributed by atoms with Gasteiger partial charge in [-0.3, -0.25) is 0 Å². The number of benzene rings is 2. The molecule has 0 aliphatic rings. The summed E-state index contributed by atoms with van der Waals surface area (Å²) in [6.45, 7) is 1.84. The maximum absolute atomic E-state index is 9.10. The number of ether oxygens (including phenoxy) is 1. The van der Waals surface area contributed by atoms with Gasteiger partial charge in [-0.15, -0.1) is 0 Å². The van der Waals surface area contributed by atoms with Crippen LogP contribution in [0.2, 0.25) is 0 Å². The molecule has 2 rings (SSSR count). The Kier molecular flexibility index (Phi) is 7.56. The molecule has 0 heterocycles. The zero-order valence-electron chi connectivity index (χ0n) is 13.2. The van der Waals surface area contributed by atoms with E-state index in [9.17, 15) is 0 Å². The van der Waals surface area contributed by atoms with Crippen LogP contribution in [-0.4, -0.2) is 54.3 Å². The second kappa shape index (κ2) is 9.42. The van der Waals surface area contributed by atoms with E-state index >= 15 is 0 Å². The molecule has 0 fully saturated rings. The van der Waals surface area contributed by atoms with E-state index < -0.39 is 11.9 Å². The van der Waals surface area contributed by atoms with Crippen molar-refractivity contribution >= 4 is 22.7 Å². The third-order valence-electron chi connectivity index (χ3n) is 2.92. The van der Waals surface area contributed by atoms with Crippen molar-refractivity contribution in [2.24, 2.45) is 0 Å². The first kappa shape index (κ1) is 18.4. The summed E-state index contributed by atoms with van der Waals surface area (Å²) in [4.78, 5) is 20.4. The molecule has 2 aromatic rings. The van der Waals surface area contributed by atoms with E-state index in [1.165, 1.54) is 10.8 Å². The number of carbonyl (C=O) groups is 2. The number of carboxylic acids is 2. The van der Waals surface area contributed by atoms with Gasteiger partial charge < -0.3 is 19.8 Å². The van der Waals surface area contributed by atoms with Gasteiger partial charge in [0.15, 0.2) is 0 Å². The Hall–Kier alpha value is -2.60. The molecule has 0 radical (unpaired) electrons. The van der Waals surface area contributed by atoms with Gasteiger partial charge in [-0.2, -0.15) is 0 Å². The molecule has 0 aromatic heterocycles. The molecular weight excluding hydrogens is 298 g/mol. The first-order valence-corrected chi connectivity index (χ1v) is 7.12. The largest absolute Gasteiger partial charge is 0.494 e. The van der Waals surface area contributed by atoms with E-state index in [1.54, 1.807) is 0 Å². The van der Waals surface area contributed by atoms with E-state index in [2.05, 4.69) is 55.4 Å². The van der Waals surface area contributed by atoms with E-state index in [0.717, 1.165) is 25.3 Å². The average molecular weight is 319 g/mol. The van der Waals surface area contributed by atoms with Crippen LogP contribution in [0.25, 0.3) is 10.8 Å². The van der Waals surface area contributed by atoms with Crippen molar-refractivity contribution in [1.29, 1.82) is 0 Å². The summed E-state index contributed by atoms with van der Waals surface area (Å²) in [5.74, 6) is -2.69. The van der Waals surface area contributed by atoms with Crippen LogP contribution >= 0.6 is 0 Å². The molecule has 0 spiro atoms. The first-order valence-electron chi connectivity index (χ1n) is 7.12. The number of hydrogen-bond donors (Lipinski definition) is 2. The van der Waals surface area contributed by atoms with Gasteiger partial charge in [0.1, 0.15) is 5.75 Å². The quantitative estimate of drug-likeness (QED) is 0.650. The van der Waals surface area contributed by atoms with Crippen molar-refractivity contribution in [2.75, 3.05) is 27.2 Å². The van der Waals surface area contributed by atoms with Crippen molar-refractivity contribution in [3.63, 3.8) is 0 Å². The number of nitrogens with zero attached hydrogens (tertiary/aromatic N) is 1. The van der Waals surface area contributed by atoms with Gasteiger partial charge in [-0.05, 0) is 43.4 Å². The highest BCUT2D eigenvalue weighted by atomic mass is 16.5. The molecule has 23 heavy (non-hydrogen) atoms. The number of aliphatic carboxylic acids is 2. The van der Waals surface area contributed by atoms with Crippen LogP contribution in [-0.2, 0) is 9.59 Å². The maximum atomic E-state index is 9.10. The topological polar surface area (TPSA) is 87.1 Å². The minimum atomic E-state index is -1.82. The minimum Gasteiger partial charge on any atom is -0.494 e. The van der Waals surface area contributed by atoms with Gasteiger partial charge in [-0.25, -0.2) is 9.59 Å². The summed E-state index contributed by atoms with van der Waals surface area (Å²) in [6.07, 6.45) is 1.06. The van der Waals surface area contributed by atoms with Crippen LogP contribution < -0.4 is 4.74 Å². The lowest BCUT2D eigenvalue weighted by molar-refractivity contribution is -0.159. The fourth-order valence-electron chi connectivity index (χ4n) is 1.83. The molecule has 6 nitrogen and oxygen atoms in total. The van der Waals surface area contributed by atoms with Gasteiger partial charge in [0, 0.05) is 6.54 Å². The fourth-order valence-corrected chi connectivity index (χ4v) is 1.83. The average Bonchev–Trinajstić information content (AvgIpc) is 2.51. The maximum Gasteiger partial charge on any atom is 0.414 e. The summed E-state index contributed by atoms with van der Waals surface area (Å²) in [7, 11) is 4.16. The molecule has 2 aromatic carbocycles. The highest BCUT2D eigenvalue weighted by molar-refractivity contribution is 6.27. The van der Waals surface area contributed by atoms with E-state index in [4.69, 9.17) is 24.5 Å². The van der Waals surface area contributed by atoms with Crippen LogP contribution in [0.4, 0.5) is 0 Å². The zero-order chi connectivity index (χ0) is 17.2. The fraction of sp³-hybridized carbons (Fsp3) is 0.294. The van der Waals surface area contributed by atoms with Gasteiger partial charge in [0.2, 0.25) is 0 Å². The summed E-state index contributed by atoms with van der Waals surface area (Å²) >= 11 is 0. The monoisotopic (exact) mass is 319 g/mol. The third-order valence-corrected chi connectivity index (χ3v) is 2.92. The van der Waals surface area contributed by atoms with Gasteiger partial charge in [-0.1, -0.05) is 30.3 Å². The second-order valence-corrected chi connectivity index (χ2v) is 5.12. The van der Waals surface area contributed by atoms with Crippen LogP contribution in [0, 0.1) is 0 Å². The molecule has 0 amide bonds. The van der Waals surface area contributed by atoms with E-state index in [0.29, 0.717) is 0 Å². The molecule has 124 valence electrons. The predicted molar refractivity (Wildman–Crippen MR) is 87.9 cm³/mol. The Labute approximate surface area is 134 Å². The molecule has 0 unspecified atom stereocenters. The molecule has 6 heteroatoms. The standard InChI is InChI=1S/C15H19NO.C2H2O4/c1-16(2)10-5-11-17-15-9-8-13-6-3-4-7-14(13)12-15;3-1(4)2(5)6/h3-4,6-9,12H,5,10-11H2,1-2H3;(H,3,4)(H,5,6). The molecular formula is C17H21NO5. The highest BCUT2D eigenvalue weighted by Gasteiger charge is 2.04. The molecule has 0 bridgehead atoms. The lowest BCUT2D eigenvalue weighted by atomic mass is 10.1. The van der Waals surface area contributed by atoms with E-state index in [-0.39, 0.29) is 0 Å². The smallest absolute Gasteiger partial charge is 0.414 e. The van der Waals surface area contributed by atoms with Crippen LogP contribution in [0.15, 0.2) is 42.5 Å². The number of rotatable bonds is 5. The molecule has 0 aliphatic heterocycles. The van der Waals surface area contributed by atoms with Crippen LogP contribution in [0.5, 0.6) is 5.75 Å². The van der Waals surface area contributed by atoms with E-state index in [1.807, 2.05) is 6.07 Å². The van der Waals surface area contributed by atoms with Gasteiger partial charge >= 0.3 is 11.9 Å². The van der Waals surface area contributed by atoms with Crippen LogP contribution in [0.3, 0.4) is 0 Å². The van der Waals surface area contributed by atoms with Crippen LogP contribution in [0.1, 0.15) is 6.42 Å². The Morgan fingerprint density at radius 2 is 1.61 bits per heavy atom. The molecule has 0 saturated carbocycles. The lowest BCUT2D eigenvalue weighted by Crippen LogP contribution is -2.15. The predicted octanol–water partition coefficient (Wildman–Crippen LogP) is 2.33. The third kappa shape index (κ3) is 7.28. The first-order chi connectivity index (χ1) is 10.9. The Balaban J connectivity index is 0.000000379. The molecule has 2 N–H and O–H groups in total. The number of hydrogen-bond acceptors (Lipinski definition) is 4. The SMILES string of the molecule is CN(C)CCCOc1ccc2ccccc2c1.O=C(O)C(=O)O. The van der Waals surface area contributed by atoms with Gasteiger partial charge in [0.25, 0.3) is 0 Å². The van der Waals surface area contributed by atoms with Crippen molar-refractivity contribution in [1.82, 2.24) is 4.90 Å². The Bertz CT molecular complexity index is 642. The van der Waals surface area contributed by atoms with Gasteiger partial charge in [0.05, 0.1) is 6.61 Å². The number of carboxylic acid groups (broad SMARTS) is 2. The Morgan fingerprint density at radius 3 is 2.17 bits per heavy atom. The zero-order valence-corrected chi connectivity index (χ0v) is 13.2. The molecule has 0 atom stereocenters. The lowest BCUT2D eigenvalue weighted by Gasteiger charge is -2.10. The second-order valence-electron chi connectivity index (χ2n) is 5.12. The summed E-state index contributed by atoms with van der Waals surface area (Å²) in [6, 6.07) is 14.6. The highest BCUT2D eigenvalue weighted by Crippen LogP contribution is 2.20. The van der Waals surface area contributed by atoms with Crippen molar-refractivity contribution < 1.29 is 24.5 Å². The van der Waals surface area contributed by atoms with Crippen molar-refractivity contribution in [3.8, 4) is 5.75 Å². The summed E-state index contributed by atoms with van der Waals surface area (Å²) in [5.41, 5.74) is 0. The molecule has 0 aliphatic carbocycles. The molecule has 0 saturated heterocycles. The normalized spacial score (nSPS) is 10.0. The minimum absolute atomic E-state index is 0.774. The Morgan fingerprint density at radius 1 is 1.00 bits per heavy atom. The van der Waals surface area contributed by atoms with Crippen molar-refractivity contribution in [3.05, 3.63) is 42.5 Å². The number of fused-ring (bicyclic) bond motifs is 1. The summed E-state index contributed by atoms with van der Waals surface area (Å²) < 4.78 is 5.74. The van der Waals surface area contributed by atoms with Crippen molar-refractivity contribution in [2.45, 2.75) is 6.42 Å².